The molecule has 2 N–H and O–H groups in total. The van der Waals surface area contributed by atoms with Gasteiger partial charge < -0.3 is 15.4 Å². The number of rotatable bonds is 61. The maximum absolute atomic E-state index is 13.5. The third kappa shape index (κ3) is 48.3. The van der Waals surface area contributed by atoms with Crippen LogP contribution in [0.1, 0.15) is 395 Å². The largest absolute Gasteiger partial charge is 0.493 e. The van der Waals surface area contributed by atoms with E-state index in [0.29, 0.717) is 36.6 Å². The first-order valence-electron chi connectivity index (χ1n) is 34.0. The molecule has 0 saturated carbocycles. The van der Waals surface area contributed by atoms with Crippen molar-refractivity contribution < 1.29 is 14.3 Å². The number of carbonyl (C=O) groups excluding carboxylic acids is 2. The summed E-state index contributed by atoms with van der Waals surface area (Å²) in [6.45, 7) is 8.83. The summed E-state index contributed by atoms with van der Waals surface area (Å²) in [4.78, 5) is 26.8. The highest BCUT2D eigenvalue weighted by Crippen LogP contribution is 2.23. The van der Waals surface area contributed by atoms with E-state index in [9.17, 15) is 9.59 Å². The predicted molar refractivity (Wildman–Crippen MR) is 328 cm³/mol. The summed E-state index contributed by atoms with van der Waals surface area (Å²) in [6, 6.07) is 5.42. The number of carbonyl (C=O) groups is 2. The molecule has 1 aromatic rings. The van der Waals surface area contributed by atoms with Gasteiger partial charge in [-0.15, -0.1) is 0 Å². The highest BCUT2D eigenvalue weighted by molar-refractivity contribution is 6.00. The van der Waals surface area contributed by atoms with Crippen LogP contribution in [0.2, 0.25) is 0 Å². The normalized spacial score (nSPS) is 11.4. The van der Waals surface area contributed by atoms with Crippen LogP contribution in [0.15, 0.2) is 18.2 Å². The molecule has 434 valence electrons. The van der Waals surface area contributed by atoms with Gasteiger partial charge in [-0.1, -0.05) is 355 Å². The van der Waals surface area contributed by atoms with E-state index in [0.717, 1.165) is 38.5 Å². The lowest BCUT2D eigenvalue weighted by molar-refractivity contribution is 0.0937. The molecular weight excluding hydrogens is 905 g/mol. The summed E-state index contributed by atoms with van der Waals surface area (Å²) in [6.07, 6.45) is 74.7. The Balaban J connectivity index is 2.29. The molecule has 0 saturated heterocycles. The topological polar surface area (TPSA) is 67.4 Å². The first-order valence-corrected chi connectivity index (χ1v) is 34.0. The monoisotopic (exact) mass is 1040 g/mol. The summed E-state index contributed by atoms with van der Waals surface area (Å²) < 4.78 is 6.31. The van der Waals surface area contributed by atoms with E-state index in [1.165, 1.54) is 315 Å². The van der Waals surface area contributed by atoms with E-state index in [1.54, 1.807) is 12.1 Å². The van der Waals surface area contributed by atoms with Gasteiger partial charge in [0.2, 0.25) is 0 Å². The van der Waals surface area contributed by atoms with Gasteiger partial charge in [-0.2, -0.15) is 0 Å². The van der Waals surface area contributed by atoms with Gasteiger partial charge in [0.1, 0.15) is 5.75 Å². The molecule has 2 amide bonds. The Morgan fingerprint density at radius 3 is 0.797 bits per heavy atom. The van der Waals surface area contributed by atoms with E-state index in [2.05, 4.69) is 31.4 Å². The zero-order valence-corrected chi connectivity index (χ0v) is 50.5. The average molecular weight is 1040 g/mol. The minimum Gasteiger partial charge on any atom is -0.493 e. The predicted octanol–water partition coefficient (Wildman–Crippen LogP) is 23.0. The molecule has 0 aliphatic heterocycles. The van der Waals surface area contributed by atoms with E-state index in [4.69, 9.17) is 4.74 Å². The van der Waals surface area contributed by atoms with Crippen LogP contribution in [0.25, 0.3) is 0 Å². The summed E-state index contributed by atoms with van der Waals surface area (Å²) >= 11 is 0. The molecular formula is C69H130N2O3. The Hall–Kier alpha value is -2.04. The SMILES string of the molecule is CCCCCCCCCCCCCCCCCCCCCCCNC(=O)c1ccc(C(=O)NCCCCCCCCCCCCCCCCCCCCCCC)c(OCCCCCCCCCCCCCCC)c1. The highest BCUT2D eigenvalue weighted by Gasteiger charge is 2.16. The lowest BCUT2D eigenvalue weighted by Crippen LogP contribution is -2.26. The fourth-order valence-electron chi connectivity index (χ4n) is 11.0. The molecule has 0 aliphatic carbocycles. The molecule has 0 spiro atoms. The van der Waals surface area contributed by atoms with Gasteiger partial charge in [0.05, 0.1) is 12.2 Å². The average Bonchev–Trinajstić information content (AvgIpc) is 3.41. The highest BCUT2D eigenvalue weighted by atomic mass is 16.5. The van der Waals surface area contributed by atoms with Crippen molar-refractivity contribution in [1.82, 2.24) is 10.6 Å². The Morgan fingerprint density at radius 2 is 0.527 bits per heavy atom. The van der Waals surface area contributed by atoms with Gasteiger partial charge in [-0.25, -0.2) is 0 Å². The molecule has 1 aromatic carbocycles. The minimum atomic E-state index is -0.0925. The van der Waals surface area contributed by atoms with Crippen LogP contribution in [0, 0.1) is 0 Å². The zero-order chi connectivity index (χ0) is 53.1. The second-order valence-electron chi connectivity index (χ2n) is 23.5. The van der Waals surface area contributed by atoms with E-state index in [-0.39, 0.29) is 11.8 Å². The molecule has 0 unspecified atom stereocenters. The van der Waals surface area contributed by atoms with Crippen molar-refractivity contribution in [2.45, 2.75) is 374 Å². The number of benzene rings is 1. The van der Waals surface area contributed by atoms with E-state index in [1.807, 2.05) is 6.07 Å². The van der Waals surface area contributed by atoms with Crippen molar-refractivity contribution in [2.75, 3.05) is 19.7 Å². The van der Waals surface area contributed by atoms with Crippen LogP contribution in [0.3, 0.4) is 0 Å². The molecule has 0 heterocycles. The number of unbranched alkanes of at least 4 members (excludes halogenated alkanes) is 52. The molecule has 0 radical (unpaired) electrons. The quantitative estimate of drug-likeness (QED) is 0.0639. The Kier molecular flexibility index (Phi) is 55.4. The zero-order valence-electron chi connectivity index (χ0n) is 50.5. The maximum atomic E-state index is 13.5. The molecule has 1 rings (SSSR count). The van der Waals surface area contributed by atoms with Crippen molar-refractivity contribution >= 4 is 11.8 Å². The Morgan fingerprint density at radius 1 is 0.297 bits per heavy atom. The fraction of sp³-hybridized carbons (Fsp3) is 0.884. The van der Waals surface area contributed by atoms with E-state index < -0.39 is 0 Å². The maximum Gasteiger partial charge on any atom is 0.255 e. The third-order valence-corrected chi connectivity index (χ3v) is 16.1. The van der Waals surface area contributed by atoms with Crippen LogP contribution in [-0.4, -0.2) is 31.5 Å². The molecule has 74 heavy (non-hydrogen) atoms. The van der Waals surface area contributed by atoms with Gasteiger partial charge in [-0.05, 0) is 37.5 Å². The summed E-state index contributed by atoms with van der Waals surface area (Å²) in [5, 5.41) is 6.33. The fourth-order valence-corrected chi connectivity index (χ4v) is 11.0. The second-order valence-corrected chi connectivity index (χ2v) is 23.5. The number of nitrogens with one attached hydrogen (secondary N) is 2. The van der Waals surface area contributed by atoms with Crippen LogP contribution >= 0.6 is 0 Å². The summed E-state index contributed by atoms with van der Waals surface area (Å²) in [5.74, 6) is 0.377. The molecule has 5 heteroatoms. The summed E-state index contributed by atoms with van der Waals surface area (Å²) in [5.41, 5.74) is 1.12. The molecule has 0 aromatic heterocycles. The molecule has 5 nitrogen and oxygen atoms in total. The van der Waals surface area contributed by atoms with Crippen molar-refractivity contribution in [1.29, 1.82) is 0 Å². The van der Waals surface area contributed by atoms with Crippen LogP contribution < -0.4 is 15.4 Å². The number of amides is 2. The summed E-state index contributed by atoms with van der Waals surface area (Å²) in [7, 11) is 0. The minimum absolute atomic E-state index is 0.0736. The first-order chi connectivity index (χ1) is 36.6. The molecule has 0 fully saturated rings. The molecule has 0 atom stereocenters. The van der Waals surface area contributed by atoms with Gasteiger partial charge in [-0.3, -0.25) is 9.59 Å². The van der Waals surface area contributed by atoms with Crippen molar-refractivity contribution in [3.8, 4) is 5.75 Å². The van der Waals surface area contributed by atoms with Gasteiger partial charge in [0, 0.05) is 18.7 Å². The number of hydrogen-bond acceptors (Lipinski definition) is 3. The lowest BCUT2D eigenvalue weighted by atomic mass is 10.0. The third-order valence-electron chi connectivity index (χ3n) is 16.1. The van der Waals surface area contributed by atoms with Crippen molar-refractivity contribution in [3.05, 3.63) is 29.3 Å². The Labute approximate surface area is 463 Å². The smallest absolute Gasteiger partial charge is 0.255 e. The van der Waals surface area contributed by atoms with Crippen LogP contribution in [0.5, 0.6) is 5.75 Å². The van der Waals surface area contributed by atoms with Crippen molar-refractivity contribution in [3.63, 3.8) is 0 Å². The second kappa shape index (κ2) is 58.6. The van der Waals surface area contributed by atoms with Gasteiger partial charge in [0.25, 0.3) is 11.8 Å². The first kappa shape index (κ1) is 70.0. The van der Waals surface area contributed by atoms with Gasteiger partial charge in [0.15, 0.2) is 0 Å². The molecule has 0 aliphatic rings. The van der Waals surface area contributed by atoms with E-state index >= 15 is 0 Å². The van der Waals surface area contributed by atoms with Crippen LogP contribution in [0.4, 0.5) is 0 Å². The Bertz CT molecular complexity index is 1300. The number of hydrogen-bond donors (Lipinski definition) is 2. The number of ether oxygens (including phenoxy) is 1. The van der Waals surface area contributed by atoms with Crippen LogP contribution in [-0.2, 0) is 0 Å². The standard InChI is InChI=1S/C69H130N2O3/c1-4-7-10-13-16-19-22-25-27-29-31-33-35-37-39-41-44-47-50-53-56-61-70-68(72)65-59-60-66(67(64-65)74-63-58-55-52-49-46-43-24-21-18-15-12-9-6-3)69(73)71-62-57-54-51-48-45-42-40-38-36-34-32-30-28-26-23-20-17-14-11-8-5-2/h59-60,64H,4-58,61-63H2,1-3H3,(H,70,72)(H,71,73). The lowest BCUT2D eigenvalue weighted by Gasteiger charge is -2.14. The molecule has 0 bridgehead atoms. The van der Waals surface area contributed by atoms with Gasteiger partial charge >= 0.3 is 0 Å². The van der Waals surface area contributed by atoms with Crippen molar-refractivity contribution in [2.24, 2.45) is 0 Å².